The van der Waals surface area contributed by atoms with Crippen LogP contribution in [-0.2, 0) is 0 Å². The molecule has 0 unspecified atom stereocenters. The molecule has 0 atom stereocenters. The third-order valence-electron chi connectivity index (χ3n) is 4.57. The van der Waals surface area contributed by atoms with Crippen LogP contribution in [0.15, 0.2) is 77.7 Å². The van der Waals surface area contributed by atoms with Crippen LogP contribution >= 0.6 is 0 Å². The van der Waals surface area contributed by atoms with E-state index >= 15 is 0 Å². The van der Waals surface area contributed by atoms with E-state index in [0.29, 0.717) is 22.3 Å². The average molecular weight is 357 g/mol. The number of nitrogens with zero attached hydrogens (tertiary/aromatic N) is 3. The van der Waals surface area contributed by atoms with Crippen molar-refractivity contribution in [3.63, 3.8) is 0 Å². The van der Waals surface area contributed by atoms with Gasteiger partial charge in [0.05, 0.1) is 16.6 Å². The van der Waals surface area contributed by atoms with Gasteiger partial charge in [0.15, 0.2) is 5.65 Å². The lowest BCUT2D eigenvalue weighted by Crippen LogP contribution is -2.21. The molecule has 0 spiro atoms. The number of para-hydroxylation sites is 1. The molecule has 4 aromatic rings. The summed E-state index contributed by atoms with van der Waals surface area (Å²) in [5, 5.41) is 11.5. The SMILES string of the molecule is CN(C)c1cccc(-c2c(O)c3cccnc3n(-c3ccccc3)c2=O)c1. The summed E-state index contributed by atoms with van der Waals surface area (Å²) >= 11 is 0. The molecule has 0 saturated heterocycles. The highest BCUT2D eigenvalue weighted by molar-refractivity contribution is 5.91. The lowest BCUT2D eigenvalue weighted by molar-refractivity contribution is 0.482. The number of pyridine rings is 2. The van der Waals surface area contributed by atoms with E-state index in [4.69, 9.17) is 0 Å². The summed E-state index contributed by atoms with van der Waals surface area (Å²) in [5.74, 6) is -0.0498. The standard InChI is InChI=1S/C22H19N3O2/c1-24(2)17-11-6-8-15(14-17)19-20(26)18-12-7-13-23-21(18)25(22(19)27)16-9-4-3-5-10-16/h3-14,26H,1-2H3. The fourth-order valence-corrected chi connectivity index (χ4v) is 3.22. The first-order valence-corrected chi connectivity index (χ1v) is 8.64. The van der Waals surface area contributed by atoms with Crippen LogP contribution in [0.3, 0.4) is 0 Å². The summed E-state index contributed by atoms with van der Waals surface area (Å²) in [5.41, 5.74) is 2.71. The maximum absolute atomic E-state index is 13.4. The molecule has 0 fully saturated rings. The van der Waals surface area contributed by atoms with Gasteiger partial charge in [-0.25, -0.2) is 4.98 Å². The van der Waals surface area contributed by atoms with Gasteiger partial charge in [-0.15, -0.1) is 0 Å². The normalized spacial score (nSPS) is 10.9. The molecule has 134 valence electrons. The summed E-state index contributed by atoms with van der Waals surface area (Å²) in [6.07, 6.45) is 1.62. The smallest absolute Gasteiger partial charge is 0.268 e. The van der Waals surface area contributed by atoms with E-state index in [-0.39, 0.29) is 16.9 Å². The molecule has 5 nitrogen and oxygen atoms in total. The Hall–Kier alpha value is -3.60. The fraction of sp³-hybridized carbons (Fsp3) is 0.0909. The minimum Gasteiger partial charge on any atom is -0.506 e. The Labute approximate surface area is 156 Å². The van der Waals surface area contributed by atoms with Crippen molar-refractivity contribution in [3.05, 3.63) is 83.3 Å². The number of hydrogen-bond donors (Lipinski definition) is 1. The molecular formula is C22H19N3O2. The zero-order chi connectivity index (χ0) is 19.0. The second kappa shape index (κ2) is 6.61. The minimum atomic E-state index is -0.305. The Kier molecular flexibility index (Phi) is 4.12. The van der Waals surface area contributed by atoms with Crippen LogP contribution in [0.5, 0.6) is 5.75 Å². The molecule has 0 saturated carbocycles. The van der Waals surface area contributed by atoms with Crippen LogP contribution in [-0.4, -0.2) is 28.8 Å². The van der Waals surface area contributed by atoms with Crippen molar-refractivity contribution in [2.45, 2.75) is 0 Å². The van der Waals surface area contributed by atoms with Crippen LogP contribution in [0, 0.1) is 0 Å². The van der Waals surface area contributed by atoms with Crippen molar-refractivity contribution < 1.29 is 5.11 Å². The van der Waals surface area contributed by atoms with Crippen LogP contribution < -0.4 is 10.5 Å². The zero-order valence-electron chi connectivity index (χ0n) is 15.1. The summed E-state index contributed by atoms with van der Waals surface area (Å²) in [4.78, 5) is 19.7. The van der Waals surface area contributed by atoms with Crippen molar-refractivity contribution >= 4 is 16.7 Å². The Balaban J connectivity index is 2.11. The molecule has 2 aromatic heterocycles. The molecule has 0 amide bonds. The maximum Gasteiger partial charge on any atom is 0.268 e. The molecule has 2 aromatic carbocycles. The van der Waals surface area contributed by atoms with E-state index in [1.807, 2.05) is 73.6 Å². The lowest BCUT2D eigenvalue weighted by atomic mass is 10.0. The van der Waals surface area contributed by atoms with Gasteiger partial charge >= 0.3 is 0 Å². The van der Waals surface area contributed by atoms with Crippen LogP contribution in [0.1, 0.15) is 0 Å². The van der Waals surface area contributed by atoms with Crippen molar-refractivity contribution in [3.8, 4) is 22.6 Å². The molecule has 0 bridgehead atoms. The van der Waals surface area contributed by atoms with Gasteiger partial charge in [-0.1, -0.05) is 30.3 Å². The van der Waals surface area contributed by atoms with Crippen molar-refractivity contribution in [1.82, 2.24) is 9.55 Å². The highest BCUT2D eigenvalue weighted by Gasteiger charge is 2.19. The molecule has 0 aliphatic rings. The van der Waals surface area contributed by atoms with Gasteiger partial charge in [-0.05, 0) is 42.0 Å². The van der Waals surface area contributed by atoms with Gasteiger partial charge in [0, 0.05) is 26.0 Å². The average Bonchev–Trinajstić information content (AvgIpc) is 2.69. The van der Waals surface area contributed by atoms with Crippen molar-refractivity contribution in [2.75, 3.05) is 19.0 Å². The summed E-state index contributed by atoms with van der Waals surface area (Å²) in [6, 6.07) is 20.4. The highest BCUT2D eigenvalue weighted by Crippen LogP contribution is 2.34. The van der Waals surface area contributed by atoms with Crippen LogP contribution in [0.4, 0.5) is 5.69 Å². The van der Waals surface area contributed by atoms with E-state index in [1.165, 1.54) is 0 Å². The maximum atomic E-state index is 13.4. The summed E-state index contributed by atoms with van der Waals surface area (Å²) < 4.78 is 1.55. The predicted molar refractivity (Wildman–Crippen MR) is 109 cm³/mol. The zero-order valence-corrected chi connectivity index (χ0v) is 15.1. The number of aromatic hydroxyl groups is 1. The third-order valence-corrected chi connectivity index (χ3v) is 4.57. The molecule has 5 heteroatoms. The Morgan fingerprint density at radius 3 is 2.48 bits per heavy atom. The van der Waals surface area contributed by atoms with E-state index in [9.17, 15) is 9.90 Å². The van der Waals surface area contributed by atoms with Gasteiger partial charge in [0.2, 0.25) is 0 Å². The quantitative estimate of drug-likeness (QED) is 0.605. The molecule has 0 aliphatic carbocycles. The van der Waals surface area contributed by atoms with Gasteiger partial charge in [0.1, 0.15) is 5.75 Å². The van der Waals surface area contributed by atoms with Crippen LogP contribution in [0.25, 0.3) is 27.8 Å². The number of anilines is 1. The Morgan fingerprint density at radius 1 is 0.963 bits per heavy atom. The second-order valence-corrected chi connectivity index (χ2v) is 6.52. The number of hydrogen-bond acceptors (Lipinski definition) is 4. The summed E-state index contributed by atoms with van der Waals surface area (Å²) in [7, 11) is 3.87. The van der Waals surface area contributed by atoms with Crippen molar-refractivity contribution in [1.29, 1.82) is 0 Å². The molecule has 27 heavy (non-hydrogen) atoms. The van der Waals surface area contributed by atoms with E-state index in [1.54, 1.807) is 22.9 Å². The first kappa shape index (κ1) is 16.8. The molecule has 1 N–H and O–H groups in total. The number of rotatable bonds is 3. The molecule has 0 radical (unpaired) electrons. The second-order valence-electron chi connectivity index (χ2n) is 6.52. The van der Waals surface area contributed by atoms with Gasteiger partial charge in [0.25, 0.3) is 5.56 Å². The molecule has 2 heterocycles. The summed E-state index contributed by atoms with van der Waals surface area (Å²) in [6.45, 7) is 0. The monoisotopic (exact) mass is 357 g/mol. The van der Waals surface area contributed by atoms with Gasteiger partial charge < -0.3 is 10.0 Å². The number of aromatic nitrogens is 2. The molecule has 4 rings (SSSR count). The van der Waals surface area contributed by atoms with E-state index in [2.05, 4.69) is 4.98 Å². The van der Waals surface area contributed by atoms with Gasteiger partial charge in [-0.3, -0.25) is 9.36 Å². The largest absolute Gasteiger partial charge is 0.506 e. The number of benzene rings is 2. The topological polar surface area (TPSA) is 58.4 Å². The van der Waals surface area contributed by atoms with E-state index in [0.717, 1.165) is 5.69 Å². The number of fused-ring (bicyclic) bond motifs is 1. The Bertz CT molecular complexity index is 1180. The highest BCUT2D eigenvalue weighted by atomic mass is 16.3. The Morgan fingerprint density at radius 2 is 1.74 bits per heavy atom. The first-order valence-electron chi connectivity index (χ1n) is 8.64. The predicted octanol–water partition coefficient (Wildman–Crippen LogP) is 3.82. The third kappa shape index (κ3) is 2.83. The van der Waals surface area contributed by atoms with Gasteiger partial charge in [-0.2, -0.15) is 0 Å². The minimum absolute atomic E-state index is 0.0498. The first-order chi connectivity index (χ1) is 13.1. The van der Waals surface area contributed by atoms with E-state index < -0.39 is 0 Å². The lowest BCUT2D eigenvalue weighted by Gasteiger charge is -2.16. The van der Waals surface area contributed by atoms with Crippen LogP contribution in [0.2, 0.25) is 0 Å². The molecular weight excluding hydrogens is 338 g/mol. The fourth-order valence-electron chi connectivity index (χ4n) is 3.22. The van der Waals surface area contributed by atoms with Crippen molar-refractivity contribution in [2.24, 2.45) is 0 Å². The molecule has 0 aliphatic heterocycles.